The van der Waals surface area contributed by atoms with Gasteiger partial charge in [-0.05, 0) is 56.2 Å². The zero-order valence-electron chi connectivity index (χ0n) is 10.3. The minimum Gasteiger partial charge on any atom is -0.0843 e. The number of hydrogen-bond donors (Lipinski definition) is 0. The van der Waals surface area contributed by atoms with Crippen LogP contribution in [0.1, 0.15) is 45.1 Å². The lowest BCUT2D eigenvalue weighted by molar-refractivity contribution is 0.475. The summed E-state index contributed by atoms with van der Waals surface area (Å²) in [5, 5.41) is 0.830. The summed E-state index contributed by atoms with van der Waals surface area (Å²) in [6.07, 6.45) is 2.47. The third kappa shape index (κ3) is 2.32. The van der Waals surface area contributed by atoms with Crippen LogP contribution in [0.2, 0.25) is 5.02 Å². The van der Waals surface area contributed by atoms with Crippen molar-refractivity contribution in [1.82, 2.24) is 0 Å². The Morgan fingerprint density at radius 1 is 1.12 bits per heavy atom. The quantitative estimate of drug-likeness (QED) is 0.587. The Labute approximate surface area is 103 Å². The first-order valence-electron chi connectivity index (χ1n) is 5.99. The first kappa shape index (κ1) is 11.7. The van der Waals surface area contributed by atoms with Gasteiger partial charge >= 0.3 is 0 Å². The number of halogens is 1. The molecule has 1 aromatic carbocycles. The van der Waals surface area contributed by atoms with Crippen LogP contribution >= 0.6 is 11.6 Å². The van der Waals surface area contributed by atoms with Gasteiger partial charge in [0.1, 0.15) is 0 Å². The zero-order valence-corrected chi connectivity index (χ0v) is 11.0. The molecule has 0 aromatic heterocycles. The van der Waals surface area contributed by atoms with Gasteiger partial charge in [0.05, 0.1) is 0 Å². The molecule has 2 rings (SSSR count). The van der Waals surface area contributed by atoms with Crippen molar-refractivity contribution in [1.29, 1.82) is 0 Å². The van der Waals surface area contributed by atoms with E-state index in [4.69, 9.17) is 11.6 Å². The minimum absolute atomic E-state index is 0.677. The summed E-state index contributed by atoms with van der Waals surface area (Å²) in [4.78, 5) is 0. The van der Waals surface area contributed by atoms with Crippen LogP contribution in [0.15, 0.2) is 35.4 Å². The molecule has 86 valence electrons. The highest BCUT2D eigenvalue weighted by atomic mass is 35.5. The molecule has 0 radical (unpaired) electrons. The van der Waals surface area contributed by atoms with E-state index in [9.17, 15) is 0 Å². The lowest BCUT2D eigenvalue weighted by Gasteiger charge is -2.29. The Morgan fingerprint density at radius 2 is 1.75 bits per heavy atom. The van der Waals surface area contributed by atoms with Gasteiger partial charge in [-0.25, -0.2) is 0 Å². The van der Waals surface area contributed by atoms with Gasteiger partial charge < -0.3 is 0 Å². The normalized spacial score (nSPS) is 26.0. The van der Waals surface area contributed by atoms with Gasteiger partial charge in [0.2, 0.25) is 0 Å². The van der Waals surface area contributed by atoms with E-state index in [1.165, 1.54) is 18.4 Å². The van der Waals surface area contributed by atoms with Crippen molar-refractivity contribution in [2.75, 3.05) is 0 Å². The third-order valence-corrected chi connectivity index (χ3v) is 4.20. The van der Waals surface area contributed by atoms with Crippen LogP contribution in [0, 0.1) is 5.92 Å². The molecule has 0 nitrogen and oxygen atoms in total. The molecule has 0 amide bonds. The average Bonchev–Trinajstić information content (AvgIpc) is 2.26. The highest BCUT2D eigenvalue weighted by Gasteiger charge is 2.23. The maximum absolute atomic E-state index is 5.92. The molecule has 2 unspecified atom stereocenters. The van der Waals surface area contributed by atoms with E-state index in [0.717, 1.165) is 10.9 Å². The largest absolute Gasteiger partial charge is 0.0843 e. The fourth-order valence-corrected chi connectivity index (χ4v) is 2.75. The fraction of sp³-hybridized carbons (Fsp3) is 0.467. The van der Waals surface area contributed by atoms with Gasteiger partial charge in [-0.3, -0.25) is 0 Å². The molecule has 0 saturated heterocycles. The average molecular weight is 235 g/mol. The van der Waals surface area contributed by atoms with Crippen molar-refractivity contribution in [2.45, 2.75) is 39.5 Å². The SMILES string of the molecule is CC1=C(C)C(C)CC(c2ccc(Cl)cc2)C1. The molecule has 0 fully saturated rings. The Morgan fingerprint density at radius 3 is 2.31 bits per heavy atom. The van der Waals surface area contributed by atoms with Gasteiger partial charge in [0.25, 0.3) is 0 Å². The predicted octanol–water partition coefficient (Wildman–Crippen LogP) is 5.19. The lowest BCUT2D eigenvalue weighted by Crippen LogP contribution is -2.14. The van der Waals surface area contributed by atoms with Gasteiger partial charge in [-0.1, -0.05) is 41.8 Å². The summed E-state index contributed by atoms with van der Waals surface area (Å²) < 4.78 is 0. The van der Waals surface area contributed by atoms with Crippen molar-refractivity contribution in [3.63, 3.8) is 0 Å². The van der Waals surface area contributed by atoms with Crippen LogP contribution in [0.3, 0.4) is 0 Å². The predicted molar refractivity (Wildman–Crippen MR) is 71.0 cm³/mol. The molecule has 2 atom stereocenters. The maximum Gasteiger partial charge on any atom is 0.0406 e. The monoisotopic (exact) mass is 234 g/mol. The Hall–Kier alpha value is -0.750. The number of benzene rings is 1. The van der Waals surface area contributed by atoms with Crippen LogP contribution < -0.4 is 0 Å². The van der Waals surface area contributed by atoms with Crippen molar-refractivity contribution in [2.24, 2.45) is 5.92 Å². The zero-order chi connectivity index (χ0) is 11.7. The number of allylic oxidation sites excluding steroid dienone is 2. The lowest BCUT2D eigenvalue weighted by atomic mass is 9.76. The molecule has 1 aliphatic carbocycles. The first-order chi connectivity index (χ1) is 7.58. The van der Waals surface area contributed by atoms with Gasteiger partial charge in [-0.2, -0.15) is 0 Å². The molecule has 1 aromatic rings. The van der Waals surface area contributed by atoms with E-state index in [-0.39, 0.29) is 0 Å². The topological polar surface area (TPSA) is 0 Å². The minimum atomic E-state index is 0.677. The molecular weight excluding hydrogens is 216 g/mol. The first-order valence-corrected chi connectivity index (χ1v) is 6.37. The fourth-order valence-electron chi connectivity index (χ4n) is 2.63. The molecule has 0 bridgehead atoms. The smallest absolute Gasteiger partial charge is 0.0406 e. The molecule has 0 N–H and O–H groups in total. The maximum atomic E-state index is 5.92. The molecule has 0 saturated carbocycles. The molecule has 0 spiro atoms. The number of hydrogen-bond acceptors (Lipinski definition) is 0. The van der Waals surface area contributed by atoms with Crippen LogP contribution in [0.4, 0.5) is 0 Å². The van der Waals surface area contributed by atoms with E-state index in [1.54, 1.807) is 11.1 Å². The standard InChI is InChI=1S/C15H19Cl/c1-10-8-14(9-11(2)12(10)3)13-4-6-15(16)7-5-13/h4-7,10,14H,8-9H2,1-3H3. The second kappa shape index (κ2) is 4.63. The highest BCUT2D eigenvalue weighted by Crippen LogP contribution is 2.39. The number of rotatable bonds is 1. The van der Waals surface area contributed by atoms with Gasteiger partial charge in [-0.15, -0.1) is 0 Å². The molecule has 0 aliphatic heterocycles. The second-order valence-electron chi connectivity index (χ2n) is 5.05. The summed E-state index contributed by atoms with van der Waals surface area (Å²) in [7, 11) is 0. The van der Waals surface area contributed by atoms with Gasteiger partial charge in [0.15, 0.2) is 0 Å². The van der Waals surface area contributed by atoms with Crippen molar-refractivity contribution < 1.29 is 0 Å². The van der Waals surface area contributed by atoms with E-state index >= 15 is 0 Å². The molecule has 1 aliphatic rings. The van der Waals surface area contributed by atoms with Crippen LogP contribution in [0.25, 0.3) is 0 Å². The van der Waals surface area contributed by atoms with E-state index in [1.807, 2.05) is 12.1 Å². The van der Waals surface area contributed by atoms with Gasteiger partial charge in [0, 0.05) is 5.02 Å². The van der Waals surface area contributed by atoms with Crippen molar-refractivity contribution in [3.05, 3.63) is 46.0 Å². The van der Waals surface area contributed by atoms with Crippen LogP contribution in [-0.2, 0) is 0 Å². The van der Waals surface area contributed by atoms with E-state index in [0.29, 0.717) is 5.92 Å². The molecular formula is C15H19Cl. The second-order valence-corrected chi connectivity index (χ2v) is 5.49. The third-order valence-electron chi connectivity index (χ3n) is 3.94. The Bertz CT molecular complexity index is 400. The van der Waals surface area contributed by atoms with Crippen molar-refractivity contribution in [3.8, 4) is 0 Å². The summed E-state index contributed by atoms with van der Waals surface area (Å²) in [6, 6.07) is 8.35. The summed E-state index contributed by atoms with van der Waals surface area (Å²) in [5.74, 6) is 1.39. The summed E-state index contributed by atoms with van der Waals surface area (Å²) in [5.41, 5.74) is 4.59. The molecule has 0 heterocycles. The Kier molecular flexibility index (Phi) is 3.39. The van der Waals surface area contributed by atoms with Crippen LogP contribution in [0.5, 0.6) is 0 Å². The summed E-state index contributed by atoms with van der Waals surface area (Å²) >= 11 is 5.92. The van der Waals surface area contributed by atoms with Crippen molar-refractivity contribution >= 4 is 11.6 Å². The van der Waals surface area contributed by atoms with E-state index in [2.05, 4.69) is 32.9 Å². The summed E-state index contributed by atoms with van der Waals surface area (Å²) in [6.45, 7) is 6.88. The highest BCUT2D eigenvalue weighted by molar-refractivity contribution is 6.30. The van der Waals surface area contributed by atoms with E-state index < -0.39 is 0 Å². The Balaban J connectivity index is 2.22. The molecule has 1 heteroatoms. The van der Waals surface area contributed by atoms with Crippen LogP contribution in [-0.4, -0.2) is 0 Å². The molecule has 16 heavy (non-hydrogen) atoms.